The van der Waals surface area contributed by atoms with E-state index in [0.29, 0.717) is 11.7 Å². The molecule has 7 heteroatoms. The number of aromatic nitrogens is 5. The molecule has 0 aliphatic heterocycles. The van der Waals surface area contributed by atoms with Crippen molar-refractivity contribution in [3.05, 3.63) is 42.4 Å². The lowest BCUT2D eigenvalue weighted by atomic mass is 10.1. The number of rotatable bonds is 3. The summed E-state index contributed by atoms with van der Waals surface area (Å²) in [5, 5.41) is 21.2. The lowest BCUT2D eigenvalue weighted by Gasteiger charge is -1.99. The van der Waals surface area contributed by atoms with Gasteiger partial charge in [-0.25, -0.2) is 9.67 Å². The highest BCUT2D eigenvalue weighted by molar-refractivity contribution is 5.59. The molecule has 0 unspecified atom stereocenters. The normalized spacial score (nSPS) is 11.2. The predicted molar refractivity (Wildman–Crippen MR) is 71.4 cm³/mol. The molecule has 0 saturated heterocycles. The number of hydrogen-bond donors (Lipinski definition) is 1. The van der Waals surface area contributed by atoms with Gasteiger partial charge in [-0.1, -0.05) is 0 Å². The highest BCUT2D eigenvalue weighted by Gasteiger charge is 2.05. The molecular weight excluding hydrogens is 258 g/mol. The van der Waals surface area contributed by atoms with Gasteiger partial charge in [-0.05, 0) is 30.7 Å². The molecule has 0 bridgehead atoms. The summed E-state index contributed by atoms with van der Waals surface area (Å²) < 4.78 is 6.50. The van der Waals surface area contributed by atoms with Crippen LogP contribution >= 0.6 is 0 Å². The fourth-order valence-corrected chi connectivity index (χ4v) is 1.77. The first-order valence-corrected chi connectivity index (χ1v) is 5.87. The molecular formula is C13H11N5O2. The monoisotopic (exact) mass is 269 g/mol. The Bertz CT molecular complexity index is 726. The van der Waals surface area contributed by atoms with Gasteiger partial charge in [-0.15, -0.1) is 15.3 Å². The zero-order chi connectivity index (χ0) is 13.9. The third-order valence-corrected chi connectivity index (χ3v) is 2.58. The van der Waals surface area contributed by atoms with E-state index in [2.05, 4.69) is 20.3 Å². The molecule has 0 aliphatic rings. The first kappa shape index (κ1) is 12.1. The summed E-state index contributed by atoms with van der Waals surface area (Å²) in [7, 11) is 0. The summed E-state index contributed by atoms with van der Waals surface area (Å²) in [4.78, 5) is 4.19. The number of aromatic hydroxyl groups is 1. The third kappa shape index (κ3) is 2.56. The number of phenolic OH excluding ortho intramolecular Hbond substituents is 1. The molecule has 0 atom stereocenters. The number of aryl methyl sites for hydroxylation is 1. The van der Waals surface area contributed by atoms with Gasteiger partial charge >= 0.3 is 0 Å². The summed E-state index contributed by atoms with van der Waals surface area (Å²) in [5.41, 5.74) is 1.70. The fraction of sp³-hybridized carbons (Fsp3) is 0.0769. The van der Waals surface area contributed by atoms with Crippen molar-refractivity contribution in [2.24, 2.45) is 0 Å². The number of phenols is 1. The van der Waals surface area contributed by atoms with Crippen molar-refractivity contribution in [2.45, 2.75) is 6.92 Å². The SMILES string of the molecule is Cc1cc(O)cc(-c2ncn(/C=C\c3nnco3)n2)c1. The molecule has 3 rings (SSSR count). The van der Waals surface area contributed by atoms with E-state index in [9.17, 15) is 5.11 Å². The Balaban J connectivity index is 1.86. The van der Waals surface area contributed by atoms with Crippen LogP contribution in [0.15, 0.2) is 35.3 Å². The van der Waals surface area contributed by atoms with Crippen molar-refractivity contribution in [1.29, 1.82) is 0 Å². The number of hydrogen-bond acceptors (Lipinski definition) is 6. The minimum absolute atomic E-state index is 0.192. The lowest BCUT2D eigenvalue weighted by molar-refractivity contribution is 0.475. The van der Waals surface area contributed by atoms with E-state index >= 15 is 0 Å². The highest BCUT2D eigenvalue weighted by atomic mass is 16.4. The van der Waals surface area contributed by atoms with Crippen LogP contribution in [0, 0.1) is 6.92 Å². The second-order valence-corrected chi connectivity index (χ2v) is 4.20. The quantitative estimate of drug-likeness (QED) is 0.781. The van der Waals surface area contributed by atoms with Crippen LogP contribution in [-0.2, 0) is 0 Å². The van der Waals surface area contributed by atoms with Gasteiger partial charge in [0.1, 0.15) is 12.1 Å². The molecule has 0 amide bonds. The summed E-state index contributed by atoms with van der Waals surface area (Å²) in [6.45, 7) is 1.90. The average Bonchev–Trinajstić information content (AvgIpc) is 3.07. The first-order chi connectivity index (χ1) is 9.70. The Hall–Kier alpha value is -2.96. The summed E-state index contributed by atoms with van der Waals surface area (Å²) in [5.74, 6) is 1.10. The van der Waals surface area contributed by atoms with E-state index in [0.717, 1.165) is 11.1 Å². The van der Waals surface area contributed by atoms with Crippen molar-refractivity contribution in [2.75, 3.05) is 0 Å². The molecule has 0 spiro atoms. The molecule has 0 aliphatic carbocycles. The Labute approximate surface area is 114 Å². The van der Waals surface area contributed by atoms with Crippen LogP contribution < -0.4 is 0 Å². The molecule has 7 nitrogen and oxygen atoms in total. The maximum Gasteiger partial charge on any atom is 0.241 e. The first-order valence-electron chi connectivity index (χ1n) is 5.87. The average molecular weight is 269 g/mol. The van der Waals surface area contributed by atoms with Crippen LogP contribution in [0.2, 0.25) is 0 Å². The second kappa shape index (κ2) is 4.96. The molecule has 2 heterocycles. The van der Waals surface area contributed by atoms with Gasteiger partial charge in [-0.3, -0.25) is 0 Å². The topological polar surface area (TPSA) is 89.9 Å². The van der Waals surface area contributed by atoms with E-state index in [1.54, 1.807) is 30.7 Å². The van der Waals surface area contributed by atoms with Gasteiger partial charge in [0.2, 0.25) is 12.3 Å². The van der Waals surface area contributed by atoms with Crippen molar-refractivity contribution in [1.82, 2.24) is 25.0 Å². The summed E-state index contributed by atoms with van der Waals surface area (Å²) >= 11 is 0. The lowest BCUT2D eigenvalue weighted by Crippen LogP contribution is -1.88. The standard InChI is InChI=1S/C13H11N5O2/c1-9-4-10(6-11(19)5-9)13-14-7-18(17-13)3-2-12-16-15-8-20-12/h2-8,19H,1H3/b3-2-. The molecule has 1 aromatic carbocycles. The van der Waals surface area contributed by atoms with Crippen LogP contribution in [-0.4, -0.2) is 30.1 Å². The Morgan fingerprint density at radius 1 is 1.30 bits per heavy atom. The summed E-state index contributed by atoms with van der Waals surface area (Å²) in [6, 6.07) is 5.20. The molecule has 0 fully saturated rings. The van der Waals surface area contributed by atoms with E-state index in [1.807, 2.05) is 13.0 Å². The van der Waals surface area contributed by atoms with Crippen LogP contribution in [0.5, 0.6) is 5.75 Å². The molecule has 100 valence electrons. The van der Waals surface area contributed by atoms with Crippen molar-refractivity contribution >= 4 is 12.3 Å². The molecule has 0 radical (unpaired) electrons. The van der Waals surface area contributed by atoms with Crippen LogP contribution in [0.4, 0.5) is 0 Å². The largest absolute Gasteiger partial charge is 0.508 e. The Morgan fingerprint density at radius 3 is 2.95 bits per heavy atom. The second-order valence-electron chi connectivity index (χ2n) is 4.20. The zero-order valence-electron chi connectivity index (χ0n) is 10.6. The van der Waals surface area contributed by atoms with Gasteiger partial charge in [0.05, 0.1) is 0 Å². The number of benzene rings is 1. The van der Waals surface area contributed by atoms with Crippen molar-refractivity contribution in [3.8, 4) is 17.1 Å². The zero-order valence-corrected chi connectivity index (χ0v) is 10.6. The number of nitrogens with zero attached hydrogens (tertiary/aromatic N) is 5. The van der Waals surface area contributed by atoms with Gasteiger partial charge in [0.25, 0.3) is 0 Å². The van der Waals surface area contributed by atoms with Gasteiger partial charge in [0, 0.05) is 17.8 Å². The molecule has 3 aromatic rings. The maximum absolute atomic E-state index is 9.59. The fourth-order valence-electron chi connectivity index (χ4n) is 1.77. The molecule has 2 aromatic heterocycles. The molecule has 1 N–H and O–H groups in total. The minimum atomic E-state index is 0.192. The highest BCUT2D eigenvalue weighted by Crippen LogP contribution is 2.22. The van der Waals surface area contributed by atoms with Crippen molar-refractivity contribution in [3.63, 3.8) is 0 Å². The van der Waals surface area contributed by atoms with Gasteiger partial charge in [-0.2, -0.15) is 0 Å². The Morgan fingerprint density at radius 2 is 2.20 bits per heavy atom. The van der Waals surface area contributed by atoms with Crippen LogP contribution in [0.1, 0.15) is 11.5 Å². The third-order valence-electron chi connectivity index (χ3n) is 2.58. The van der Waals surface area contributed by atoms with E-state index in [1.165, 1.54) is 11.1 Å². The molecule has 0 saturated carbocycles. The van der Waals surface area contributed by atoms with E-state index in [-0.39, 0.29) is 5.75 Å². The maximum atomic E-state index is 9.59. The van der Waals surface area contributed by atoms with E-state index in [4.69, 9.17) is 4.42 Å². The predicted octanol–water partition coefficient (Wildman–Crippen LogP) is 1.97. The van der Waals surface area contributed by atoms with Gasteiger partial charge < -0.3 is 9.52 Å². The minimum Gasteiger partial charge on any atom is -0.508 e. The van der Waals surface area contributed by atoms with Crippen LogP contribution in [0.25, 0.3) is 23.7 Å². The van der Waals surface area contributed by atoms with Crippen molar-refractivity contribution < 1.29 is 9.52 Å². The Kier molecular flexibility index (Phi) is 3.00. The smallest absolute Gasteiger partial charge is 0.241 e. The van der Waals surface area contributed by atoms with E-state index < -0.39 is 0 Å². The molecule has 20 heavy (non-hydrogen) atoms. The summed E-state index contributed by atoms with van der Waals surface area (Å²) in [6.07, 6.45) is 6.09. The van der Waals surface area contributed by atoms with Crippen LogP contribution in [0.3, 0.4) is 0 Å². The van der Waals surface area contributed by atoms with Gasteiger partial charge in [0.15, 0.2) is 5.82 Å².